The molecule has 0 amide bonds. The molecule has 15 heavy (non-hydrogen) atoms. The first kappa shape index (κ1) is 10.7. The van der Waals surface area contributed by atoms with E-state index < -0.39 is 0 Å². The van der Waals surface area contributed by atoms with Crippen molar-refractivity contribution in [2.24, 2.45) is 0 Å². The number of likely N-dealkylation sites (tertiary alicyclic amines) is 1. The topological polar surface area (TPSA) is 23.5 Å². The Labute approximate surface area is 91.5 Å². The monoisotopic (exact) mass is 205 g/mol. The zero-order valence-corrected chi connectivity index (χ0v) is 9.53. The van der Waals surface area contributed by atoms with Crippen LogP contribution in [0.1, 0.15) is 23.1 Å². The van der Waals surface area contributed by atoms with E-state index in [2.05, 4.69) is 36.9 Å². The predicted molar refractivity (Wildman–Crippen MR) is 61.8 cm³/mol. The Hall–Kier alpha value is -0.860. The maximum absolute atomic E-state index is 9.45. The van der Waals surface area contributed by atoms with Crippen molar-refractivity contribution >= 4 is 0 Å². The summed E-state index contributed by atoms with van der Waals surface area (Å²) in [6.45, 7) is 7.09. The van der Waals surface area contributed by atoms with Crippen LogP contribution in [0, 0.1) is 13.8 Å². The lowest BCUT2D eigenvalue weighted by atomic mass is 10.1. The van der Waals surface area contributed by atoms with Crippen LogP contribution in [0.5, 0.6) is 0 Å². The number of aliphatic hydroxyl groups is 1. The number of aryl methyl sites for hydroxylation is 2. The molecule has 1 heterocycles. The lowest BCUT2D eigenvalue weighted by molar-refractivity contribution is 0.175. The van der Waals surface area contributed by atoms with Crippen LogP contribution in [0.25, 0.3) is 0 Å². The van der Waals surface area contributed by atoms with E-state index in [0.29, 0.717) is 0 Å². The van der Waals surface area contributed by atoms with Gasteiger partial charge in [-0.3, -0.25) is 4.90 Å². The van der Waals surface area contributed by atoms with Crippen LogP contribution in [0.4, 0.5) is 0 Å². The van der Waals surface area contributed by atoms with Crippen LogP contribution >= 0.6 is 0 Å². The van der Waals surface area contributed by atoms with E-state index in [9.17, 15) is 5.11 Å². The molecule has 2 heteroatoms. The van der Waals surface area contributed by atoms with Crippen molar-refractivity contribution in [3.05, 3.63) is 34.9 Å². The maximum atomic E-state index is 9.45. The second-order valence-corrected chi connectivity index (χ2v) is 4.67. The molecule has 0 aliphatic carbocycles. The van der Waals surface area contributed by atoms with Gasteiger partial charge in [-0.1, -0.05) is 29.3 Å². The summed E-state index contributed by atoms with van der Waals surface area (Å²) in [7, 11) is 0. The predicted octanol–water partition coefficient (Wildman–Crippen LogP) is 1.87. The number of nitrogens with zero attached hydrogens (tertiary/aromatic N) is 1. The molecule has 1 N–H and O–H groups in total. The smallest absolute Gasteiger partial charge is 0.0679 e. The summed E-state index contributed by atoms with van der Waals surface area (Å²) in [5, 5.41) is 9.45. The highest BCUT2D eigenvalue weighted by Gasteiger charge is 2.19. The first-order valence-electron chi connectivity index (χ1n) is 5.61. The third kappa shape index (κ3) is 2.80. The molecule has 82 valence electrons. The highest BCUT2D eigenvalue weighted by atomic mass is 16.3. The number of rotatable bonds is 2. The zero-order valence-electron chi connectivity index (χ0n) is 9.53. The van der Waals surface area contributed by atoms with Crippen molar-refractivity contribution in [1.82, 2.24) is 4.90 Å². The number of hydrogen-bond acceptors (Lipinski definition) is 2. The van der Waals surface area contributed by atoms with Gasteiger partial charge < -0.3 is 5.11 Å². The van der Waals surface area contributed by atoms with Crippen molar-refractivity contribution in [3.8, 4) is 0 Å². The van der Waals surface area contributed by atoms with Crippen molar-refractivity contribution in [3.63, 3.8) is 0 Å². The Bertz CT molecular complexity index is 328. The van der Waals surface area contributed by atoms with Gasteiger partial charge in [-0.15, -0.1) is 0 Å². The molecule has 0 radical (unpaired) electrons. The van der Waals surface area contributed by atoms with E-state index in [1.165, 1.54) is 16.7 Å². The van der Waals surface area contributed by atoms with Gasteiger partial charge in [0.1, 0.15) is 0 Å². The third-order valence-corrected chi connectivity index (χ3v) is 2.94. The third-order valence-electron chi connectivity index (χ3n) is 2.94. The van der Waals surface area contributed by atoms with Crippen LogP contribution in [0.15, 0.2) is 18.2 Å². The first-order valence-corrected chi connectivity index (χ1v) is 5.61. The van der Waals surface area contributed by atoms with E-state index >= 15 is 0 Å². The number of β-amino-alcohol motifs (C(OH)–C–C–N with tert-alkyl or cyclic N) is 1. The number of hydrogen-bond donors (Lipinski definition) is 1. The maximum Gasteiger partial charge on any atom is 0.0679 e. The zero-order chi connectivity index (χ0) is 10.8. The summed E-state index contributed by atoms with van der Waals surface area (Å²) in [6, 6.07) is 6.66. The second-order valence-electron chi connectivity index (χ2n) is 4.67. The molecule has 1 fully saturated rings. The van der Waals surface area contributed by atoms with Gasteiger partial charge in [0.25, 0.3) is 0 Å². The fourth-order valence-corrected chi connectivity index (χ4v) is 2.37. The highest BCUT2D eigenvalue weighted by Crippen LogP contribution is 2.15. The van der Waals surface area contributed by atoms with Gasteiger partial charge in [-0.2, -0.15) is 0 Å². The second kappa shape index (κ2) is 4.33. The van der Waals surface area contributed by atoms with Gasteiger partial charge in [-0.25, -0.2) is 0 Å². The Morgan fingerprint density at radius 3 is 2.47 bits per heavy atom. The van der Waals surface area contributed by atoms with Crippen molar-refractivity contribution in [1.29, 1.82) is 0 Å². The van der Waals surface area contributed by atoms with Crippen molar-refractivity contribution in [2.45, 2.75) is 32.9 Å². The van der Waals surface area contributed by atoms with E-state index in [1.807, 2.05) is 0 Å². The molecule has 1 atom stereocenters. The van der Waals surface area contributed by atoms with Gasteiger partial charge in [0, 0.05) is 19.6 Å². The van der Waals surface area contributed by atoms with Gasteiger partial charge in [0.15, 0.2) is 0 Å². The molecule has 2 rings (SSSR count). The highest BCUT2D eigenvalue weighted by molar-refractivity contribution is 5.28. The van der Waals surface area contributed by atoms with E-state index in [0.717, 1.165) is 26.1 Å². The van der Waals surface area contributed by atoms with Crippen LogP contribution in [-0.4, -0.2) is 29.2 Å². The molecule has 1 aliphatic heterocycles. The van der Waals surface area contributed by atoms with Crippen LogP contribution in [-0.2, 0) is 6.54 Å². The molecule has 2 nitrogen and oxygen atoms in total. The Morgan fingerprint density at radius 1 is 1.27 bits per heavy atom. The van der Waals surface area contributed by atoms with Crippen molar-refractivity contribution < 1.29 is 5.11 Å². The van der Waals surface area contributed by atoms with Crippen LogP contribution in [0.3, 0.4) is 0 Å². The molecule has 0 saturated carbocycles. The largest absolute Gasteiger partial charge is 0.392 e. The summed E-state index contributed by atoms with van der Waals surface area (Å²) >= 11 is 0. The minimum Gasteiger partial charge on any atom is -0.392 e. The Kier molecular flexibility index (Phi) is 3.08. The van der Waals surface area contributed by atoms with Gasteiger partial charge in [0.2, 0.25) is 0 Å². The summed E-state index contributed by atoms with van der Waals surface area (Å²) in [4.78, 5) is 2.32. The summed E-state index contributed by atoms with van der Waals surface area (Å²) in [5.74, 6) is 0. The lowest BCUT2D eigenvalue weighted by Crippen LogP contribution is -2.21. The minimum atomic E-state index is -0.115. The van der Waals surface area contributed by atoms with Crippen LogP contribution in [0.2, 0.25) is 0 Å². The lowest BCUT2D eigenvalue weighted by Gasteiger charge is -2.15. The summed E-state index contributed by atoms with van der Waals surface area (Å²) in [6.07, 6.45) is 0.807. The first-order chi connectivity index (χ1) is 7.13. The quantitative estimate of drug-likeness (QED) is 0.796. The standard InChI is InChI=1S/C13H19NO/c1-10-5-11(2)7-12(6-10)8-14-4-3-13(15)9-14/h5-7,13,15H,3-4,8-9H2,1-2H3/t13-/m0/s1. The average Bonchev–Trinajstić information content (AvgIpc) is 2.49. The average molecular weight is 205 g/mol. The molecule has 1 aliphatic rings. The molecule has 1 saturated heterocycles. The van der Waals surface area contributed by atoms with Crippen molar-refractivity contribution in [2.75, 3.05) is 13.1 Å². The molecule has 0 unspecified atom stereocenters. The molecule has 0 spiro atoms. The Balaban J connectivity index is 2.04. The summed E-state index contributed by atoms with van der Waals surface area (Å²) in [5.41, 5.74) is 4.01. The molecular weight excluding hydrogens is 186 g/mol. The molecular formula is C13H19NO. The van der Waals surface area contributed by atoms with Gasteiger partial charge >= 0.3 is 0 Å². The van der Waals surface area contributed by atoms with E-state index in [-0.39, 0.29) is 6.10 Å². The molecule has 0 aromatic heterocycles. The number of benzene rings is 1. The SMILES string of the molecule is Cc1cc(C)cc(CN2CC[C@H](O)C2)c1. The molecule has 1 aromatic carbocycles. The van der Waals surface area contributed by atoms with Gasteiger partial charge in [0.05, 0.1) is 6.10 Å². The molecule has 1 aromatic rings. The number of aliphatic hydroxyl groups excluding tert-OH is 1. The fourth-order valence-electron chi connectivity index (χ4n) is 2.37. The van der Waals surface area contributed by atoms with Crippen LogP contribution < -0.4 is 0 Å². The molecule has 0 bridgehead atoms. The van der Waals surface area contributed by atoms with E-state index in [1.54, 1.807) is 0 Å². The normalized spacial score (nSPS) is 22.2. The van der Waals surface area contributed by atoms with Gasteiger partial charge in [-0.05, 0) is 25.8 Å². The van der Waals surface area contributed by atoms with E-state index in [4.69, 9.17) is 0 Å². The fraction of sp³-hybridized carbons (Fsp3) is 0.538. The minimum absolute atomic E-state index is 0.115. The Morgan fingerprint density at radius 2 is 1.93 bits per heavy atom. The summed E-state index contributed by atoms with van der Waals surface area (Å²) < 4.78 is 0.